The Morgan fingerprint density at radius 1 is 1.27 bits per heavy atom. The summed E-state index contributed by atoms with van der Waals surface area (Å²) in [6.45, 7) is 5.02. The highest BCUT2D eigenvalue weighted by Crippen LogP contribution is 2.22. The van der Waals surface area contributed by atoms with Crippen molar-refractivity contribution < 1.29 is 14.7 Å². The van der Waals surface area contributed by atoms with Crippen molar-refractivity contribution in [3.8, 4) is 0 Å². The number of nitrogens with zero attached hydrogens (tertiary/aromatic N) is 1. The minimum atomic E-state index is -0.806. The maximum absolute atomic E-state index is 12.2. The van der Waals surface area contributed by atoms with Crippen molar-refractivity contribution in [1.29, 1.82) is 0 Å². The number of aliphatic carboxylic acids is 1. The van der Waals surface area contributed by atoms with E-state index in [9.17, 15) is 9.59 Å². The van der Waals surface area contributed by atoms with Crippen molar-refractivity contribution in [2.45, 2.75) is 26.7 Å². The van der Waals surface area contributed by atoms with Crippen molar-refractivity contribution >= 4 is 18.0 Å². The van der Waals surface area contributed by atoms with Crippen molar-refractivity contribution in [1.82, 2.24) is 4.90 Å². The van der Waals surface area contributed by atoms with E-state index in [1.807, 2.05) is 50.3 Å². The molecule has 1 aromatic rings. The van der Waals surface area contributed by atoms with E-state index in [2.05, 4.69) is 0 Å². The Bertz CT molecular complexity index is 562. The van der Waals surface area contributed by atoms with Crippen LogP contribution in [0.1, 0.15) is 30.9 Å². The Labute approximate surface area is 131 Å². The molecule has 1 N–H and O–H groups in total. The fourth-order valence-electron chi connectivity index (χ4n) is 2.84. The molecule has 0 aliphatic carbocycles. The van der Waals surface area contributed by atoms with Gasteiger partial charge in [0.1, 0.15) is 0 Å². The smallest absolute Gasteiger partial charge is 0.308 e. The number of carbonyl (C=O) groups is 2. The monoisotopic (exact) mass is 301 g/mol. The molecule has 2 atom stereocenters. The normalized spacial score (nSPS) is 22.0. The minimum Gasteiger partial charge on any atom is -0.481 e. The lowest BCUT2D eigenvalue weighted by molar-refractivity contribution is -0.146. The van der Waals surface area contributed by atoms with Gasteiger partial charge >= 0.3 is 5.97 Å². The molecule has 0 saturated carbocycles. The van der Waals surface area contributed by atoms with Crippen LogP contribution in [-0.4, -0.2) is 35.0 Å². The second kappa shape index (κ2) is 7.25. The molecule has 0 bridgehead atoms. The lowest BCUT2D eigenvalue weighted by Crippen LogP contribution is -2.45. The number of rotatable bonds is 4. The number of piperidine rings is 1. The molecular weight excluding hydrogens is 278 g/mol. The predicted molar refractivity (Wildman–Crippen MR) is 86.3 cm³/mol. The molecule has 1 amide bonds. The number of hydrogen-bond acceptors (Lipinski definition) is 2. The van der Waals surface area contributed by atoms with Crippen LogP contribution in [0.15, 0.2) is 30.3 Å². The molecule has 4 heteroatoms. The van der Waals surface area contributed by atoms with Gasteiger partial charge in [-0.2, -0.15) is 0 Å². The van der Waals surface area contributed by atoms with Gasteiger partial charge in [0, 0.05) is 19.5 Å². The number of amides is 1. The van der Waals surface area contributed by atoms with Gasteiger partial charge in [0.25, 0.3) is 0 Å². The van der Waals surface area contributed by atoms with E-state index >= 15 is 0 Å². The average molecular weight is 301 g/mol. The molecular formula is C18H23NO3. The Morgan fingerprint density at radius 2 is 1.95 bits per heavy atom. The Hall–Kier alpha value is -2.10. The Balaban J connectivity index is 1.91. The van der Waals surface area contributed by atoms with E-state index in [4.69, 9.17) is 5.11 Å². The van der Waals surface area contributed by atoms with Crippen molar-refractivity contribution in [2.24, 2.45) is 11.8 Å². The fraction of sp³-hybridized carbons (Fsp3) is 0.444. The molecule has 2 unspecified atom stereocenters. The lowest BCUT2D eigenvalue weighted by Gasteiger charge is -2.34. The molecule has 118 valence electrons. The molecule has 1 fully saturated rings. The summed E-state index contributed by atoms with van der Waals surface area (Å²) in [5, 5.41) is 9.15. The molecule has 22 heavy (non-hydrogen) atoms. The van der Waals surface area contributed by atoms with Crippen LogP contribution >= 0.6 is 0 Å². The zero-order valence-corrected chi connectivity index (χ0v) is 13.2. The minimum absolute atomic E-state index is 0.00108. The number of carbonyl (C=O) groups excluding carboxylic acids is 1. The summed E-state index contributed by atoms with van der Waals surface area (Å²) in [4.78, 5) is 25.1. The Kier molecular flexibility index (Phi) is 5.36. The lowest BCUT2D eigenvalue weighted by atomic mass is 9.90. The molecule has 0 spiro atoms. The molecule has 1 heterocycles. The van der Waals surface area contributed by atoms with Crippen LogP contribution < -0.4 is 0 Å². The highest BCUT2D eigenvalue weighted by molar-refractivity contribution is 5.80. The molecule has 2 rings (SSSR count). The summed E-state index contributed by atoms with van der Waals surface area (Å²) in [5.41, 5.74) is 2.27. The van der Waals surface area contributed by atoms with Crippen LogP contribution in [0, 0.1) is 18.8 Å². The van der Waals surface area contributed by atoms with Crippen LogP contribution in [0.2, 0.25) is 0 Å². The highest BCUT2D eigenvalue weighted by Gasteiger charge is 2.31. The number of carboxylic acids is 1. The molecule has 0 radical (unpaired) electrons. The summed E-state index contributed by atoms with van der Waals surface area (Å²) in [6, 6.07) is 8.09. The molecule has 1 aromatic carbocycles. The van der Waals surface area contributed by atoms with E-state index in [0.29, 0.717) is 25.9 Å². The van der Waals surface area contributed by atoms with Crippen LogP contribution in [0.25, 0.3) is 6.08 Å². The average Bonchev–Trinajstić information content (AvgIpc) is 2.48. The van der Waals surface area contributed by atoms with Gasteiger partial charge in [-0.05, 0) is 24.8 Å². The summed E-state index contributed by atoms with van der Waals surface area (Å²) < 4.78 is 0. The number of hydrogen-bond donors (Lipinski definition) is 1. The van der Waals surface area contributed by atoms with Gasteiger partial charge in [-0.1, -0.05) is 48.9 Å². The SMILES string of the molecule is Cc1ccc(/C=C/CC(=O)N2CC(C)CC(C(=O)O)C2)cc1. The van der Waals surface area contributed by atoms with Gasteiger partial charge in [-0.25, -0.2) is 0 Å². The first kappa shape index (κ1) is 16.3. The largest absolute Gasteiger partial charge is 0.481 e. The summed E-state index contributed by atoms with van der Waals surface area (Å²) >= 11 is 0. The van der Waals surface area contributed by atoms with Crippen molar-refractivity contribution in [3.63, 3.8) is 0 Å². The topological polar surface area (TPSA) is 57.6 Å². The molecule has 4 nitrogen and oxygen atoms in total. The van der Waals surface area contributed by atoms with Crippen molar-refractivity contribution in [2.75, 3.05) is 13.1 Å². The third-order valence-corrected chi connectivity index (χ3v) is 4.04. The first-order valence-electron chi connectivity index (χ1n) is 7.69. The van der Waals surface area contributed by atoms with Crippen LogP contribution in [-0.2, 0) is 9.59 Å². The summed E-state index contributed by atoms with van der Waals surface area (Å²) in [7, 11) is 0. The third kappa shape index (κ3) is 4.45. The fourth-order valence-corrected chi connectivity index (χ4v) is 2.84. The quantitative estimate of drug-likeness (QED) is 0.930. The molecule has 0 aromatic heterocycles. The van der Waals surface area contributed by atoms with E-state index in [1.165, 1.54) is 5.56 Å². The Morgan fingerprint density at radius 3 is 2.59 bits per heavy atom. The zero-order valence-electron chi connectivity index (χ0n) is 13.2. The van der Waals surface area contributed by atoms with Crippen LogP contribution in [0.4, 0.5) is 0 Å². The van der Waals surface area contributed by atoms with E-state index in [0.717, 1.165) is 5.56 Å². The van der Waals surface area contributed by atoms with E-state index in [-0.39, 0.29) is 11.8 Å². The second-order valence-electron chi connectivity index (χ2n) is 6.19. The van der Waals surface area contributed by atoms with Gasteiger partial charge in [-0.3, -0.25) is 9.59 Å². The van der Waals surface area contributed by atoms with E-state index < -0.39 is 11.9 Å². The zero-order chi connectivity index (χ0) is 16.1. The van der Waals surface area contributed by atoms with Crippen LogP contribution in [0.3, 0.4) is 0 Å². The second-order valence-corrected chi connectivity index (χ2v) is 6.19. The summed E-state index contributed by atoms with van der Waals surface area (Å²) in [5.74, 6) is -1.01. The maximum atomic E-state index is 12.2. The summed E-state index contributed by atoms with van der Waals surface area (Å²) in [6.07, 6.45) is 4.74. The van der Waals surface area contributed by atoms with Gasteiger partial charge in [0.2, 0.25) is 5.91 Å². The first-order chi connectivity index (χ1) is 10.5. The standard InChI is InChI=1S/C18H23NO3/c1-13-6-8-15(9-7-13)4-3-5-17(20)19-11-14(2)10-16(12-19)18(21)22/h3-4,6-9,14,16H,5,10-12H2,1-2H3,(H,21,22)/b4-3+. The molecule has 1 aliphatic rings. The first-order valence-corrected chi connectivity index (χ1v) is 7.69. The number of aryl methyl sites for hydroxylation is 1. The third-order valence-electron chi connectivity index (χ3n) is 4.04. The number of likely N-dealkylation sites (tertiary alicyclic amines) is 1. The van der Waals surface area contributed by atoms with Gasteiger partial charge < -0.3 is 10.0 Å². The van der Waals surface area contributed by atoms with Gasteiger partial charge in [-0.15, -0.1) is 0 Å². The van der Waals surface area contributed by atoms with E-state index in [1.54, 1.807) is 4.90 Å². The number of benzene rings is 1. The predicted octanol–water partition coefficient (Wildman–Crippen LogP) is 2.97. The van der Waals surface area contributed by atoms with Crippen molar-refractivity contribution in [3.05, 3.63) is 41.5 Å². The molecule has 1 saturated heterocycles. The highest BCUT2D eigenvalue weighted by atomic mass is 16.4. The molecule has 1 aliphatic heterocycles. The van der Waals surface area contributed by atoms with Gasteiger partial charge in [0.15, 0.2) is 0 Å². The van der Waals surface area contributed by atoms with Gasteiger partial charge in [0.05, 0.1) is 5.92 Å². The number of carboxylic acid groups (broad SMARTS) is 1. The maximum Gasteiger partial charge on any atom is 0.308 e. The van der Waals surface area contributed by atoms with Crippen LogP contribution in [0.5, 0.6) is 0 Å².